The van der Waals surface area contributed by atoms with Gasteiger partial charge in [0.15, 0.2) is 0 Å². The molecule has 0 bridgehead atoms. The largest absolute Gasteiger partial charge is 0.458 e. The first kappa shape index (κ1) is 17.3. The molecule has 3 heteroatoms. The van der Waals surface area contributed by atoms with Crippen molar-refractivity contribution in [1.29, 1.82) is 0 Å². The Kier molecular flexibility index (Phi) is 3.72. The molecule has 7 atom stereocenters. The summed E-state index contributed by atoms with van der Waals surface area (Å²) < 4.78 is 5.22. The first-order valence-electron chi connectivity index (χ1n) is 11.0. The minimum absolute atomic E-state index is 0.0914. The Bertz CT molecular complexity index is 654. The fraction of sp³-hybridized carbons (Fsp3) is 0.870. The summed E-state index contributed by atoms with van der Waals surface area (Å²) in [6.07, 6.45) is 14.1. The maximum Gasteiger partial charge on any atom is 0.331 e. The number of rotatable bonds is 1. The first-order chi connectivity index (χ1) is 12.4. The van der Waals surface area contributed by atoms with Crippen molar-refractivity contribution < 1.29 is 14.6 Å². The zero-order valence-corrected chi connectivity index (χ0v) is 16.4. The van der Waals surface area contributed by atoms with Crippen LogP contribution in [0.25, 0.3) is 0 Å². The van der Waals surface area contributed by atoms with Gasteiger partial charge in [0.2, 0.25) is 0 Å². The molecule has 0 aromatic rings. The molecular weight excluding hydrogens is 324 g/mol. The van der Waals surface area contributed by atoms with Crippen LogP contribution in [0.5, 0.6) is 0 Å². The van der Waals surface area contributed by atoms with Crippen molar-refractivity contribution in [2.24, 2.45) is 34.5 Å². The Hall–Kier alpha value is -0.830. The van der Waals surface area contributed by atoms with E-state index in [1.165, 1.54) is 44.9 Å². The highest BCUT2D eigenvalue weighted by molar-refractivity contribution is 5.85. The van der Waals surface area contributed by atoms with E-state index in [0.717, 1.165) is 30.8 Å². The molecule has 3 nitrogen and oxygen atoms in total. The van der Waals surface area contributed by atoms with Crippen molar-refractivity contribution in [3.63, 3.8) is 0 Å². The van der Waals surface area contributed by atoms with Gasteiger partial charge in [-0.05, 0) is 86.0 Å². The minimum atomic E-state index is -0.557. The monoisotopic (exact) mass is 358 g/mol. The predicted octanol–water partition coefficient (Wildman–Crippen LogP) is 4.63. The van der Waals surface area contributed by atoms with Crippen LogP contribution in [0.4, 0.5) is 0 Å². The normalized spacial score (nSPS) is 53.3. The van der Waals surface area contributed by atoms with E-state index >= 15 is 0 Å². The molecule has 5 rings (SSSR count). The summed E-state index contributed by atoms with van der Waals surface area (Å²) in [6, 6.07) is 0. The molecule has 1 N–H and O–H groups in total. The van der Waals surface area contributed by atoms with Gasteiger partial charge in [0, 0.05) is 11.5 Å². The molecule has 26 heavy (non-hydrogen) atoms. The lowest BCUT2D eigenvalue weighted by Gasteiger charge is -2.63. The maximum absolute atomic E-state index is 12.1. The van der Waals surface area contributed by atoms with Gasteiger partial charge in [-0.15, -0.1) is 0 Å². The fourth-order valence-electron chi connectivity index (χ4n) is 8.45. The lowest BCUT2D eigenvalue weighted by atomic mass is 9.43. The molecule has 0 aromatic carbocycles. The highest BCUT2D eigenvalue weighted by Gasteiger charge is 2.67. The SMILES string of the molecule is C[C@]12CCCC[C@H]1CC[C@@H]1[C@@H]2CC[C@]2(C)[C@@H](C3=CC(=O)OC3)CC[C@@]12O. The van der Waals surface area contributed by atoms with Gasteiger partial charge in [0.05, 0.1) is 5.60 Å². The molecule has 0 unspecified atom stereocenters. The number of carbonyl (C=O) groups excluding carboxylic acids is 1. The van der Waals surface area contributed by atoms with Crippen LogP contribution in [0.2, 0.25) is 0 Å². The molecule has 0 saturated heterocycles. The van der Waals surface area contributed by atoms with Gasteiger partial charge >= 0.3 is 5.97 Å². The third-order valence-corrected chi connectivity index (χ3v) is 9.90. The van der Waals surface area contributed by atoms with Crippen molar-refractivity contribution in [3.8, 4) is 0 Å². The van der Waals surface area contributed by atoms with E-state index in [-0.39, 0.29) is 11.4 Å². The number of hydrogen-bond donors (Lipinski definition) is 1. The Labute approximate surface area is 157 Å². The topological polar surface area (TPSA) is 46.5 Å². The summed E-state index contributed by atoms with van der Waals surface area (Å²) in [7, 11) is 0. The third kappa shape index (κ3) is 2.07. The molecule has 0 radical (unpaired) electrons. The van der Waals surface area contributed by atoms with Gasteiger partial charge in [-0.25, -0.2) is 4.79 Å². The molecule has 1 heterocycles. The second-order valence-electron chi connectivity index (χ2n) is 10.5. The van der Waals surface area contributed by atoms with Gasteiger partial charge in [0.1, 0.15) is 6.61 Å². The van der Waals surface area contributed by atoms with Crippen molar-refractivity contribution >= 4 is 5.97 Å². The highest BCUT2D eigenvalue weighted by atomic mass is 16.5. The van der Waals surface area contributed by atoms with E-state index in [1.807, 2.05) is 0 Å². The van der Waals surface area contributed by atoms with Crippen LogP contribution >= 0.6 is 0 Å². The van der Waals surface area contributed by atoms with E-state index < -0.39 is 5.60 Å². The lowest BCUT2D eigenvalue weighted by Crippen LogP contribution is -2.61. The van der Waals surface area contributed by atoms with Crippen LogP contribution in [0.15, 0.2) is 11.6 Å². The molecular formula is C23H34O3. The van der Waals surface area contributed by atoms with E-state index in [0.29, 0.717) is 29.8 Å². The van der Waals surface area contributed by atoms with E-state index in [4.69, 9.17) is 4.74 Å². The Morgan fingerprint density at radius 3 is 2.62 bits per heavy atom. The number of carbonyl (C=O) groups is 1. The van der Waals surface area contributed by atoms with E-state index in [1.54, 1.807) is 6.08 Å². The number of fused-ring (bicyclic) bond motifs is 5. The Balaban J connectivity index is 1.48. The summed E-state index contributed by atoms with van der Waals surface area (Å²) in [5.41, 5.74) is 0.941. The Morgan fingerprint density at radius 2 is 1.85 bits per heavy atom. The van der Waals surface area contributed by atoms with Gasteiger partial charge in [0.25, 0.3) is 0 Å². The van der Waals surface area contributed by atoms with Crippen LogP contribution in [-0.4, -0.2) is 23.3 Å². The van der Waals surface area contributed by atoms with Crippen LogP contribution in [0.1, 0.15) is 78.1 Å². The highest BCUT2D eigenvalue weighted by Crippen LogP contribution is 2.69. The summed E-state index contributed by atoms with van der Waals surface area (Å²) in [5.74, 6) is 2.14. The number of cyclic esters (lactones) is 1. The van der Waals surface area contributed by atoms with Crippen LogP contribution in [0.3, 0.4) is 0 Å². The summed E-state index contributed by atoms with van der Waals surface area (Å²) >= 11 is 0. The Morgan fingerprint density at radius 1 is 1.00 bits per heavy atom. The zero-order valence-electron chi connectivity index (χ0n) is 16.4. The first-order valence-corrected chi connectivity index (χ1v) is 11.0. The summed E-state index contributed by atoms with van der Waals surface area (Å²) in [5, 5.41) is 12.1. The molecule has 4 saturated carbocycles. The van der Waals surface area contributed by atoms with Gasteiger partial charge in [-0.1, -0.05) is 26.7 Å². The van der Waals surface area contributed by atoms with Crippen molar-refractivity contribution in [2.45, 2.75) is 83.7 Å². The number of aliphatic hydroxyl groups is 1. The third-order valence-electron chi connectivity index (χ3n) is 9.90. The predicted molar refractivity (Wildman–Crippen MR) is 100 cm³/mol. The van der Waals surface area contributed by atoms with E-state index in [9.17, 15) is 9.90 Å². The van der Waals surface area contributed by atoms with E-state index in [2.05, 4.69) is 13.8 Å². The molecule has 0 aromatic heterocycles. The second-order valence-corrected chi connectivity index (χ2v) is 10.5. The second kappa shape index (κ2) is 5.59. The quantitative estimate of drug-likeness (QED) is 0.695. The zero-order chi connectivity index (χ0) is 18.2. The summed E-state index contributed by atoms with van der Waals surface area (Å²) in [6.45, 7) is 5.32. The molecule has 4 aliphatic carbocycles. The van der Waals surface area contributed by atoms with Crippen molar-refractivity contribution in [3.05, 3.63) is 11.6 Å². The maximum atomic E-state index is 12.1. The number of ether oxygens (including phenoxy) is 1. The smallest absolute Gasteiger partial charge is 0.331 e. The average molecular weight is 359 g/mol. The molecule has 1 aliphatic heterocycles. The van der Waals surface area contributed by atoms with Crippen molar-refractivity contribution in [1.82, 2.24) is 0 Å². The average Bonchev–Trinajstić information content (AvgIpc) is 3.15. The standard InChI is InChI=1S/C23H34O3/c1-21-10-4-3-5-16(21)6-7-19-18(21)8-11-22(2)17(9-12-23(19,22)25)15-13-20(24)26-14-15/h13,16-19,25H,3-12,14H2,1-2H3/t16-,17+,18-,19+,21-,22+,23+/m0/s1. The van der Waals surface area contributed by atoms with Crippen LogP contribution in [0, 0.1) is 34.5 Å². The molecule has 0 amide bonds. The van der Waals surface area contributed by atoms with Crippen LogP contribution < -0.4 is 0 Å². The molecule has 4 fully saturated rings. The fourth-order valence-corrected chi connectivity index (χ4v) is 8.45. The molecule has 144 valence electrons. The van der Waals surface area contributed by atoms with Crippen molar-refractivity contribution in [2.75, 3.05) is 6.61 Å². The number of esters is 1. The van der Waals surface area contributed by atoms with Gasteiger partial charge in [-0.2, -0.15) is 0 Å². The lowest BCUT2D eigenvalue weighted by molar-refractivity contribution is -0.203. The molecule has 5 aliphatic rings. The molecule has 0 spiro atoms. The summed E-state index contributed by atoms with van der Waals surface area (Å²) in [4.78, 5) is 11.6. The van der Waals surface area contributed by atoms with Gasteiger partial charge in [-0.3, -0.25) is 0 Å². The minimum Gasteiger partial charge on any atom is -0.458 e. The number of hydrogen-bond acceptors (Lipinski definition) is 3. The van der Waals surface area contributed by atoms with Crippen LogP contribution in [-0.2, 0) is 9.53 Å². The van der Waals surface area contributed by atoms with Gasteiger partial charge < -0.3 is 9.84 Å².